The van der Waals surface area contributed by atoms with Crippen molar-refractivity contribution < 1.29 is 37.7 Å². The summed E-state index contributed by atoms with van der Waals surface area (Å²) in [6.45, 7) is 5.17. The first-order valence-electron chi connectivity index (χ1n) is 27.2. The molecule has 4 atom stereocenters. The van der Waals surface area contributed by atoms with E-state index < -0.39 is 11.6 Å². The number of phenols is 1. The third-order valence-electron chi connectivity index (χ3n) is 18.0. The van der Waals surface area contributed by atoms with Gasteiger partial charge in [-0.1, -0.05) is 23.8 Å². The van der Waals surface area contributed by atoms with Crippen LogP contribution in [-0.2, 0) is 27.7 Å². The number of halogens is 2. The van der Waals surface area contributed by atoms with E-state index in [4.69, 9.17) is 40.7 Å². The van der Waals surface area contributed by atoms with Crippen LogP contribution in [0.4, 0.5) is 19.4 Å². The number of aryl methyl sites for hydroxylation is 2. The van der Waals surface area contributed by atoms with Gasteiger partial charge in [0.1, 0.15) is 41.8 Å². The number of amides is 2. The van der Waals surface area contributed by atoms with Crippen molar-refractivity contribution in [3.05, 3.63) is 76.6 Å². The van der Waals surface area contributed by atoms with E-state index in [9.17, 15) is 14.7 Å². The molecule has 15 nitrogen and oxygen atoms in total. The van der Waals surface area contributed by atoms with Crippen molar-refractivity contribution in [1.29, 1.82) is 0 Å². The number of hydrogen-bond donors (Lipinski definition) is 2. The Kier molecular flexibility index (Phi) is 12.3. The number of aromatic nitrogens is 5. The number of ether oxygens (including phenoxy) is 3. The van der Waals surface area contributed by atoms with E-state index in [1.807, 2.05) is 22.7 Å². The molecule has 392 valence electrons. The van der Waals surface area contributed by atoms with Crippen molar-refractivity contribution in [2.24, 2.45) is 18.4 Å². The lowest BCUT2D eigenvalue weighted by molar-refractivity contribution is -0.123. The molecule has 2 amide bonds. The van der Waals surface area contributed by atoms with Gasteiger partial charge in [0.25, 0.3) is 0 Å². The number of hydrogen-bond acceptors (Lipinski definition) is 12. The molecule has 13 rings (SSSR count). The molecule has 17 heteroatoms. The van der Waals surface area contributed by atoms with Gasteiger partial charge in [-0.3, -0.25) is 14.4 Å². The lowest BCUT2D eigenvalue weighted by atomic mass is 9.58. The standard InChI is InChI=1S/C59H61F2N9O6/c1-3-41-45(60)14-11-37-28-40(71)29-44(48(37)41)52-50(61)53-49-46(63-52)15-12-38-32-74-26-6-22-69(38)54(49)65-56(64-53)76-34-59-17-5-23-70(59)39(16-18-59)33-75-57(73)68-24-19-58(20-25-68)30-36(31-58)9-8-35-10-13-42-47(27-35)67(2)66-51(42)43-7-4-21-62-55(43)72/h1,10-11,13-14,27-29,36,38-39,43,71H,4-7,12,15-26,30-34H2,2H3,(H,62,72)/t38-,39-,43?,59-/m0/s1. The van der Waals surface area contributed by atoms with Gasteiger partial charge in [-0.25, -0.2) is 18.6 Å². The van der Waals surface area contributed by atoms with Gasteiger partial charge in [0, 0.05) is 73.7 Å². The molecule has 0 bridgehead atoms. The second kappa shape index (κ2) is 19.2. The highest BCUT2D eigenvalue weighted by atomic mass is 19.1. The van der Waals surface area contributed by atoms with Crippen LogP contribution in [0.15, 0.2) is 42.5 Å². The minimum Gasteiger partial charge on any atom is -0.508 e. The fourth-order valence-electron chi connectivity index (χ4n) is 14.0. The van der Waals surface area contributed by atoms with Crippen molar-refractivity contribution >= 4 is 50.4 Å². The fraction of sp³-hybridized carbons (Fsp3) is 0.492. The van der Waals surface area contributed by atoms with Crippen LogP contribution in [0.3, 0.4) is 0 Å². The third-order valence-corrected chi connectivity index (χ3v) is 18.0. The van der Waals surface area contributed by atoms with Crippen LogP contribution >= 0.6 is 0 Å². The maximum Gasteiger partial charge on any atom is 0.409 e. The number of aromatic hydroxyl groups is 1. The van der Waals surface area contributed by atoms with E-state index in [-0.39, 0.29) is 93.7 Å². The minimum absolute atomic E-state index is 0.0275. The molecule has 76 heavy (non-hydrogen) atoms. The lowest BCUT2D eigenvalue weighted by Crippen LogP contribution is -2.50. The molecule has 6 fully saturated rings. The van der Waals surface area contributed by atoms with Crippen LogP contribution in [0.1, 0.15) is 105 Å². The number of nitrogens with zero attached hydrogens (tertiary/aromatic N) is 8. The number of pyridine rings is 1. The van der Waals surface area contributed by atoms with Gasteiger partial charge in [0.05, 0.1) is 52.0 Å². The molecule has 6 aliphatic heterocycles. The number of terminal acetylenes is 1. The summed E-state index contributed by atoms with van der Waals surface area (Å²) in [6.07, 6.45) is 16.7. The van der Waals surface area contributed by atoms with Crippen LogP contribution in [0.2, 0.25) is 0 Å². The summed E-state index contributed by atoms with van der Waals surface area (Å²) in [5, 5.41) is 20.8. The van der Waals surface area contributed by atoms with Crippen LogP contribution in [-0.4, -0.2) is 128 Å². The summed E-state index contributed by atoms with van der Waals surface area (Å²) in [6, 6.07) is 11.8. The van der Waals surface area contributed by atoms with E-state index in [2.05, 4.69) is 45.0 Å². The highest BCUT2D eigenvalue weighted by Gasteiger charge is 2.51. The Bertz CT molecular complexity index is 3460. The number of phenolic OH excluding ortho intramolecular Hbond substituents is 1. The average Bonchev–Trinajstić information content (AvgIpc) is 4.03. The van der Waals surface area contributed by atoms with Gasteiger partial charge < -0.3 is 34.4 Å². The molecule has 7 aliphatic rings. The summed E-state index contributed by atoms with van der Waals surface area (Å²) in [5.41, 5.74) is 3.28. The SMILES string of the molecule is C#Cc1c(F)ccc2cc(O)cc(-c3nc4c5c(nc(OC[C@@]67CCCN6[C@H](COC(=O)N6CCC8(CC6)CC(C#Cc6ccc9c(C%10CCCNC%10=O)nn(C)c9c6)C8)CC7)nc5c3F)N3CCCOC[C@@H]3CC4)c12. The number of fused-ring (bicyclic) bond motifs is 5. The molecule has 1 spiro atoms. The molecule has 3 aromatic heterocycles. The van der Waals surface area contributed by atoms with E-state index >= 15 is 8.78 Å². The Morgan fingerprint density at radius 1 is 0.974 bits per heavy atom. The lowest BCUT2D eigenvalue weighted by Gasteiger charge is -2.50. The fourth-order valence-corrected chi connectivity index (χ4v) is 14.0. The number of nitrogens with one attached hydrogen (secondary N) is 1. The number of carbonyl (C=O) groups is 2. The number of likely N-dealkylation sites (tertiary alicyclic amines) is 1. The quantitative estimate of drug-likeness (QED) is 0.148. The molecule has 6 aromatic rings. The van der Waals surface area contributed by atoms with Crippen LogP contribution in [0.5, 0.6) is 11.8 Å². The molecule has 1 saturated carbocycles. The molecule has 1 unspecified atom stereocenters. The van der Waals surface area contributed by atoms with Gasteiger partial charge in [-0.05, 0) is 137 Å². The average molecular weight is 1030 g/mol. The number of anilines is 1. The maximum absolute atomic E-state index is 17.5. The van der Waals surface area contributed by atoms with Gasteiger partial charge in [0.2, 0.25) is 5.91 Å². The summed E-state index contributed by atoms with van der Waals surface area (Å²) in [7, 11) is 1.92. The molecule has 5 saturated heterocycles. The van der Waals surface area contributed by atoms with E-state index in [0.29, 0.717) is 73.9 Å². The molecule has 3 aromatic carbocycles. The number of benzene rings is 3. The molecule has 2 N–H and O–H groups in total. The van der Waals surface area contributed by atoms with Crippen LogP contribution < -0.4 is 15.0 Å². The molecule has 1 aliphatic carbocycles. The summed E-state index contributed by atoms with van der Waals surface area (Å²) in [4.78, 5) is 47.5. The zero-order chi connectivity index (χ0) is 51.9. The highest BCUT2D eigenvalue weighted by Crippen LogP contribution is 2.53. The highest BCUT2D eigenvalue weighted by molar-refractivity contribution is 6.03. The molecule has 0 radical (unpaired) electrons. The summed E-state index contributed by atoms with van der Waals surface area (Å²) < 4.78 is 53.3. The van der Waals surface area contributed by atoms with Gasteiger partial charge in [-0.15, -0.1) is 6.42 Å². The van der Waals surface area contributed by atoms with Crippen molar-refractivity contribution in [1.82, 2.24) is 39.8 Å². The monoisotopic (exact) mass is 1030 g/mol. The van der Waals surface area contributed by atoms with Crippen molar-refractivity contribution in [2.45, 2.75) is 107 Å². The Morgan fingerprint density at radius 3 is 2.68 bits per heavy atom. The number of rotatable bonds is 7. The summed E-state index contributed by atoms with van der Waals surface area (Å²) in [5.74, 6) is 8.56. The van der Waals surface area contributed by atoms with Crippen molar-refractivity contribution in [3.8, 4) is 47.2 Å². The van der Waals surface area contributed by atoms with Gasteiger partial charge in [-0.2, -0.15) is 15.1 Å². The van der Waals surface area contributed by atoms with Crippen LogP contribution in [0.25, 0.3) is 43.8 Å². The normalized spacial score (nSPS) is 24.3. The topological polar surface area (TPSA) is 160 Å². The third kappa shape index (κ3) is 8.41. The van der Waals surface area contributed by atoms with Crippen molar-refractivity contribution in [3.63, 3.8) is 0 Å². The first-order chi connectivity index (χ1) is 37.0. The largest absolute Gasteiger partial charge is 0.508 e. The number of piperidine rings is 2. The molecular weight excluding hydrogens is 969 g/mol. The second-order valence-corrected chi connectivity index (χ2v) is 22.4. The maximum atomic E-state index is 17.5. The van der Waals surface area contributed by atoms with E-state index in [1.165, 1.54) is 24.3 Å². The second-order valence-electron chi connectivity index (χ2n) is 22.4. The Hall–Kier alpha value is -7.08. The summed E-state index contributed by atoms with van der Waals surface area (Å²) >= 11 is 0. The van der Waals surface area contributed by atoms with E-state index in [0.717, 1.165) is 106 Å². The first-order valence-corrected chi connectivity index (χ1v) is 27.2. The van der Waals surface area contributed by atoms with Crippen molar-refractivity contribution in [2.75, 3.05) is 64.1 Å². The predicted molar refractivity (Wildman–Crippen MR) is 282 cm³/mol. The Morgan fingerprint density at radius 2 is 1.84 bits per heavy atom. The smallest absolute Gasteiger partial charge is 0.409 e. The zero-order valence-corrected chi connectivity index (χ0v) is 42.8. The minimum atomic E-state index is -0.747. The van der Waals surface area contributed by atoms with Gasteiger partial charge in [0.15, 0.2) is 5.82 Å². The molecule has 9 heterocycles. The van der Waals surface area contributed by atoms with E-state index in [1.54, 1.807) is 0 Å². The zero-order valence-electron chi connectivity index (χ0n) is 42.8. The number of carbonyl (C=O) groups excluding carboxylic acids is 2. The Labute approximate surface area is 439 Å². The van der Waals surface area contributed by atoms with Crippen LogP contribution in [0, 0.1) is 47.2 Å². The molecular formula is C59H61F2N9O6. The van der Waals surface area contributed by atoms with Gasteiger partial charge >= 0.3 is 12.1 Å². The predicted octanol–water partition coefficient (Wildman–Crippen LogP) is 8.29. The Balaban J connectivity index is 0.668. The first kappa shape index (κ1) is 48.6.